The minimum atomic E-state index is -1.16. The molecule has 8 nitrogen and oxygen atoms in total. The molecule has 2 heterocycles. The zero-order chi connectivity index (χ0) is 19.9. The molecule has 0 N–H and O–H groups in total. The quantitative estimate of drug-likeness (QED) is 0.575. The number of carbonyl (C=O) groups excluding carboxylic acids is 2. The summed E-state index contributed by atoms with van der Waals surface area (Å²) in [6, 6.07) is 11.4. The van der Waals surface area contributed by atoms with Gasteiger partial charge >= 0.3 is 17.1 Å². The van der Waals surface area contributed by atoms with Crippen LogP contribution >= 0.6 is 0 Å². The Morgan fingerprint density at radius 3 is 1.07 bits per heavy atom. The number of hydrogen-bond acceptors (Lipinski definition) is 8. The molecule has 153 valence electrons. The van der Waals surface area contributed by atoms with Gasteiger partial charge in [-0.1, -0.05) is 12.1 Å². The van der Waals surface area contributed by atoms with Crippen molar-refractivity contribution in [2.24, 2.45) is 0 Å². The third-order valence-electron chi connectivity index (χ3n) is 1.98. The summed E-state index contributed by atoms with van der Waals surface area (Å²) in [7, 11) is 0. The predicted octanol–water partition coefficient (Wildman–Crippen LogP) is -0.294. The van der Waals surface area contributed by atoms with Crippen molar-refractivity contribution in [3.05, 3.63) is 61.2 Å². The summed E-state index contributed by atoms with van der Waals surface area (Å²) in [5.74, 6) is -2.33. The molecule has 0 saturated heterocycles. The third-order valence-corrected chi connectivity index (χ3v) is 1.98. The van der Waals surface area contributed by atoms with E-state index in [4.69, 9.17) is 0 Å². The average molecular weight is 428 g/mol. The van der Waals surface area contributed by atoms with E-state index >= 15 is 0 Å². The molecule has 2 rings (SSSR count). The number of pyridine rings is 2. The van der Waals surface area contributed by atoms with Crippen LogP contribution in [0.15, 0.2) is 61.2 Å². The zero-order valence-electron chi connectivity index (χ0n) is 15.2. The Morgan fingerprint density at radius 1 is 0.704 bits per heavy atom. The fourth-order valence-corrected chi connectivity index (χ4v) is 0.996. The first-order valence-electron chi connectivity index (χ1n) is 7.79. The van der Waals surface area contributed by atoms with Gasteiger partial charge in [0.1, 0.15) is 0 Å². The summed E-state index contributed by atoms with van der Waals surface area (Å²) in [6.45, 7) is 3.71. The number of carboxylic acid groups (broad SMARTS) is 2. The van der Waals surface area contributed by atoms with E-state index in [2.05, 4.69) is 19.4 Å². The van der Waals surface area contributed by atoms with Gasteiger partial charge in [0.25, 0.3) is 0 Å². The first kappa shape index (κ1) is 29.4. The van der Waals surface area contributed by atoms with Crippen LogP contribution in [-0.2, 0) is 36.1 Å². The summed E-state index contributed by atoms with van der Waals surface area (Å²) < 4.78 is 8.87. The van der Waals surface area contributed by atoms with Gasteiger partial charge in [-0.15, -0.1) is 0 Å². The summed E-state index contributed by atoms with van der Waals surface area (Å²) >= 11 is 0. The van der Waals surface area contributed by atoms with Crippen LogP contribution in [0.25, 0.3) is 0 Å². The minimum Gasteiger partial charge on any atom is -0.548 e. The Labute approximate surface area is 170 Å². The van der Waals surface area contributed by atoms with Gasteiger partial charge in [-0.2, -0.15) is 0 Å². The molecule has 0 aliphatic carbocycles. The Kier molecular flexibility index (Phi) is 28.3. The number of carbonyl (C=O) groups is 2. The number of carboxylic acids is 2. The van der Waals surface area contributed by atoms with E-state index < -0.39 is 11.9 Å². The zero-order valence-corrected chi connectivity index (χ0v) is 16.2. The Morgan fingerprint density at radius 2 is 1.00 bits per heavy atom. The molecule has 27 heavy (non-hydrogen) atoms. The maximum absolute atomic E-state index is 9.52. The van der Waals surface area contributed by atoms with Gasteiger partial charge in [0.2, 0.25) is 0 Å². The van der Waals surface area contributed by atoms with Crippen LogP contribution in [0.3, 0.4) is 0 Å². The molecular formula is C18H24CuN2O6. The summed E-state index contributed by atoms with van der Waals surface area (Å²) in [4.78, 5) is 26.6. The van der Waals surface area contributed by atoms with Gasteiger partial charge in [-0.05, 0) is 38.1 Å². The van der Waals surface area contributed by atoms with Crippen molar-refractivity contribution in [2.45, 2.75) is 13.8 Å². The maximum Gasteiger partial charge on any atom is 2.00 e. The first-order valence-corrected chi connectivity index (χ1v) is 7.79. The number of aromatic nitrogens is 2. The Bertz CT molecular complexity index is 429. The molecule has 0 spiro atoms. The van der Waals surface area contributed by atoms with Gasteiger partial charge in [0, 0.05) is 38.0 Å². The molecule has 0 aliphatic heterocycles. The maximum atomic E-state index is 9.52. The summed E-state index contributed by atoms with van der Waals surface area (Å²) in [5, 5.41) is 19.0. The van der Waals surface area contributed by atoms with Crippen molar-refractivity contribution in [3.8, 4) is 0 Å². The van der Waals surface area contributed by atoms with Crippen LogP contribution < -0.4 is 10.2 Å². The molecule has 0 bridgehead atoms. The van der Waals surface area contributed by atoms with Crippen LogP contribution in [0.4, 0.5) is 0 Å². The van der Waals surface area contributed by atoms with Crippen LogP contribution in [-0.4, -0.2) is 48.3 Å². The van der Waals surface area contributed by atoms with Gasteiger partial charge in [0.15, 0.2) is 0 Å². The molecule has 1 radical (unpaired) electrons. The standard InChI is InChI=1S/2C5H5N.2C4H8O3.Cu/c2*1-2-4-6-5-3-1;2*1-2-7-3-4(5)6;/h2*1-5H;2*2-3H2,1H3,(H,5,6);/q;;;;+2/p-2. The van der Waals surface area contributed by atoms with Gasteiger partial charge in [-0.25, -0.2) is 0 Å². The van der Waals surface area contributed by atoms with Crippen molar-refractivity contribution in [1.29, 1.82) is 0 Å². The van der Waals surface area contributed by atoms with E-state index in [1.807, 2.05) is 36.4 Å². The van der Waals surface area contributed by atoms with Crippen molar-refractivity contribution in [3.63, 3.8) is 0 Å². The van der Waals surface area contributed by atoms with E-state index in [9.17, 15) is 19.8 Å². The topological polar surface area (TPSA) is 124 Å². The van der Waals surface area contributed by atoms with Gasteiger partial charge < -0.3 is 29.3 Å². The SMILES string of the molecule is CCOCC(=O)[O-].CCOCC(=O)[O-].[Cu+2].c1ccncc1.c1ccncc1. The molecule has 0 unspecified atom stereocenters. The van der Waals surface area contributed by atoms with E-state index in [1.165, 1.54) is 0 Å². The van der Waals surface area contributed by atoms with Crippen LogP contribution in [0.1, 0.15) is 13.8 Å². The Balaban J connectivity index is -0.000000281. The number of nitrogens with zero attached hydrogens (tertiary/aromatic N) is 2. The molecule has 2 aromatic heterocycles. The van der Waals surface area contributed by atoms with Crippen molar-refractivity contribution in [2.75, 3.05) is 26.4 Å². The van der Waals surface area contributed by atoms with E-state index in [1.54, 1.807) is 38.6 Å². The second kappa shape index (κ2) is 25.9. The van der Waals surface area contributed by atoms with Crippen molar-refractivity contribution >= 4 is 11.9 Å². The van der Waals surface area contributed by atoms with E-state index in [0.29, 0.717) is 13.2 Å². The molecule has 2 aromatic rings. The molecule has 0 atom stereocenters. The van der Waals surface area contributed by atoms with Crippen molar-refractivity contribution < 1.29 is 46.3 Å². The van der Waals surface area contributed by atoms with Crippen LogP contribution in [0, 0.1) is 0 Å². The first-order chi connectivity index (χ1) is 12.5. The molecule has 0 aromatic carbocycles. The third kappa shape index (κ3) is 35.6. The van der Waals surface area contributed by atoms with Gasteiger partial charge in [0.05, 0.1) is 25.2 Å². The molecular weight excluding hydrogens is 404 g/mol. The van der Waals surface area contributed by atoms with Gasteiger partial charge in [-0.3, -0.25) is 9.97 Å². The smallest absolute Gasteiger partial charge is 0.548 e. The van der Waals surface area contributed by atoms with Crippen LogP contribution in [0.5, 0.6) is 0 Å². The fourth-order valence-electron chi connectivity index (χ4n) is 0.996. The molecule has 9 heteroatoms. The normalized spacial score (nSPS) is 8.07. The number of rotatable bonds is 6. The predicted molar refractivity (Wildman–Crippen MR) is 91.5 cm³/mol. The van der Waals surface area contributed by atoms with Crippen molar-refractivity contribution in [1.82, 2.24) is 9.97 Å². The molecule has 0 saturated carbocycles. The summed E-state index contributed by atoms with van der Waals surface area (Å²) in [5.41, 5.74) is 0. The molecule has 0 amide bonds. The van der Waals surface area contributed by atoms with E-state index in [0.717, 1.165) is 0 Å². The van der Waals surface area contributed by atoms with Crippen LogP contribution in [0.2, 0.25) is 0 Å². The number of ether oxygens (including phenoxy) is 2. The Hall–Kier alpha value is -2.32. The average Bonchev–Trinajstić information content (AvgIpc) is 2.69. The fraction of sp³-hybridized carbons (Fsp3) is 0.333. The second-order valence-corrected chi connectivity index (χ2v) is 4.07. The monoisotopic (exact) mass is 427 g/mol. The largest absolute Gasteiger partial charge is 2.00 e. The van der Waals surface area contributed by atoms with E-state index in [-0.39, 0.29) is 30.3 Å². The molecule has 0 aliphatic rings. The second-order valence-electron chi connectivity index (χ2n) is 4.07. The number of aliphatic carboxylic acids is 2. The molecule has 0 fully saturated rings. The summed E-state index contributed by atoms with van der Waals surface area (Å²) in [6.07, 6.45) is 7.00. The minimum absolute atomic E-state index is 0. The number of hydrogen-bond donors (Lipinski definition) is 0.